The topological polar surface area (TPSA) is 20.2 Å². The van der Waals surface area contributed by atoms with E-state index in [9.17, 15) is 0 Å². The van der Waals surface area contributed by atoms with Crippen molar-refractivity contribution in [2.75, 3.05) is 27.2 Å². The molecule has 2 heteroatoms. The summed E-state index contributed by atoms with van der Waals surface area (Å²) in [5, 5.41) is 7.57. The molecule has 0 amide bonds. The van der Waals surface area contributed by atoms with Gasteiger partial charge in [-0.1, -0.05) is 114 Å². The molecule has 2 nitrogen and oxygen atoms in total. The first kappa shape index (κ1) is 28.1. The van der Waals surface area contributed by atoms with Gasteiger partial charge in [-0.2, -0.15) is 0 Å². The van der Waals surface area contributed by atoms with Gasteiger partial charge in [0.2, 0.25) is 0 Å². The SMILES string of the molecule is CCCCCCCCCCCCCCCC[N+](C)(C)Cc1ccccc1.CCO. The first-order valence-corrected chi connectivity index (χ1v) is 12.5. The number of benzene rings is 1. The van der Waals surface area contributed by atoms with Crippen LogP contribution in [0.3, 0.4) is 0 Å². The summed E-state index contributed by atoms with van der Waals surface area (Å²) in [6, 6.07) is 10.9. The van der Waals surface area contributed by atoms with Gasteiger partial charge < -0.3 is 9.59 Å². The highest BCUT2D eigenvalue weighted by atomic mass is 16.2. The van der Waals surface area contributed by atoms with Crippen LogP contribution in [0.25, 0.3) is 0 Å². The summed E-state index contributed by atoms with van der Waals surface area (Å²) in [6.07, 6.45) is 20.2. The molecule has 1 aromatic rings. The van der Waals surface area contributed by atoms with Crippen molar-refractivity contribution >= 4 is 0 Å². The Bertz CT molecular complexity index is 429. The fourth-order valence-corrected chi connectivity index (χ4v) is 3.89. The van der Waals surface area contributed by atoms with E-state index in [1.807, 2.05) is 0 Å². The zero-order valence-corrected chi connectivity index (χ0v) is 20.3. The molecule has 0 fully saturated rings. The van der Waals surface area contributed by atoms with Crippen LogP contribution >= 0.6 is 0 Å². The van der Waals surface area contributed by atoms with Crippen molar-refractivity contribution in [1.82, 2.24) is 0 Å². The Morgan fingerprint density at radius 3 is 1.41 bits per heavy atom. The van der Waals surface area contributed by atoms with Crippen LogP contribution in [0.4, 0.5) is 0 Å². The number of rotatable bonds is 17. The van der Waals surface area contributed by atoms with Crippen molar-refractivity contribution in [2.45, 2.75) is 110 Å². The van der Waals surface area contributed by atoms with E-state index in [1.54, 1.807) is 6.92 Å². The number of aliphatic hydroxyl groups excluding tert-OH is 1. The third-order valence-corrected chi connectivity index (χ3v) is 5.57. The minimum atomic E-state index is 0.250. The molecule has 1 rings (SSSR count). The molecule has 29 heavy (non-hydrogen) atoms. The van der Waals surface area contributed by atoms with Gasteiger partial charge in [-0.3, -0.25) is 0 Å². The summed E-state index contributed by atoms with van der Waals surface area (Å²) >= 11 is 0. The first-order chi connectivity index (χ1) is 14.1. The third-order valence-electron chi connectivity index (χ3n) is 5.57. The maximum Gasteiger partial charge on any atom is 0.104 e. The molecular weight excluding hydrogens is 354 g/mol. The summed E-state index contributed by atoms with van der Waals surface area (Å²) in [5.74, 6) is 0. The number of aliphatic hydroxyl groups is 1. The Morgan fingerprint density at radius 2 is 1.00 bits per heavy atom. The van der Waals surface area contributed by atoms with Crippen LogP contribution in [0.15, 0.2) is 30.3 Å². The lowest BCUT2D eigenvalue weighted by atomic mass is 10.0. The van der Waals surface area contributed by atoms with Crippen molar-refractivity contribution in [1.29, 1.82) is 0 Å². The van der Waals surface area contributed by atoms with E-state index < -0.39 is 0 Å². The number of hydrogen-bond acceptors (Lipinski definition) is 1. The van der Waals surface area contributed by atoms with E-state index in [2.05, 4.69) is 51.4 Å². The molecule has 0 unspecified atom stereocenters. The molecule has 1 N–H and O–H groups in total. The van der Waals surface area contributed by atoms with Crippen LogP contribution in [-0.4, -0.2) is 36.8 Å². The molecule has 170 valence electrons. The molecule has 0 radical (unpaired) electrons. The molecule has 0 aliphatic heterocycles. The molecule has 0 atom stereocenters. The van der Waals surface area contributed by atoms with E-state index >= 15 is 0 Å². The van der Waals surface area contributed by atoms with Crippen LogP contribution in [0.2, 0.25) is 0 Å². The van der Waals surface area contributed by atoms with Crippen LogP contribution in [0.1, 0.15) is 109 Å². The molecule has 1 aromatic carbocycles. The molecule has 0 aliphatic rings. The second kappa shape index (κ2) is 20.4. The fraction of sp³-hybridized carbons (Fsp3) is 0.778. The average molecular weight is 407 g/mol. The Morgan fingerprint density at radius 1 is 0.621 bits per heavy atom. The Kier molecular flexibility index (Phi) is 19.8. The van der Waals surface area contributed by atoms with Crippen molar-refractivity contribution in [3.63, 3.8) is 0 Å². The maximum absolute atomic E-state index is 7.57. The van der Waals surface area contributed by atoms with Crippen LogP contribution < -0.4 is 0 Å². The normalized spacial score (nSPS) is 11.2. The smallest absolute Gasteiger partial charge is 0.104 e. The molecule has 0 aromatic heterocycles. The minimum Gasteiger partial charge on any atom is -0.397 e. The standard InChI is InChI=1S/C25H46N.C2H6O/c1-4-5-6-7-8-9-10-11-12-13-14-15-16-20-23-26(2,3)24-25-21-18-17-19-22-25;1-2-3/h17-19,21-22H,4-16,20,23-24H2,1-3H3;3H,2H2,1H3/q+1;. The molecule has 0 aliphatic carbocycles. The Labute approximate surface area is 183 Å². The fourth-order valence-electron chi connectivity index (χ4n) is 3.89. The lowest BCUT2D eigenvalue weighted by Gasteiger charge is -2.30. The van der Waals surface area contributed by atoms with Crippen LogP contribution in [-0.2, 0) is 6.54 Å². The van der Waals surface area contributed by atoms with E-state index in [0.29, 0.717) is 0 Å². The molecule has 0 saturated carbocycles. The second-order valence-corrected chi connectivity index (χ2v) is 9.22. The van der Waals surface area contributed by atoms with E-state index in [1.165, 1.54) is 102 Å². The summed E-state index contributed by atoms with van der Waals surface area (Å²) in [4.78, 5) is 0. The van der Waals surface area contributed by atoms with Gasteiger partial charge in [-0.15, -0.1) is 0 Å². The van der Waals surface area contributed by atoms with Crippen molar-refractivity contribution < 1.29 is 9.59 Å². The molecule has 0 saturated heterocycles. The summed E-state index contributed by atoms with van der Waals surface area (Å²) in [7, 11) is 4.74. The van der Waals surface area contributed by atoms with Gasteiger partial charge in [0.15, 0.2) is 0 Å². The van der Waals surface area contributed by atoms with E-state index in [-0.39, 0.29) is 6.61 Å². The Balaban J connectivity index is 0.00000245. The minimum absolute atomic E-state index is 0.250. The zero-order chi connectivity index (χ0) is 21.6. The van der Waals surface area contributed by atoms with Crippen LogP contribution in [0, 0.1) is 0 Å². The van der Waals surface area contributed by atoms with Gasteiger partial charge in [-0.25, -0.2) is 0 Å². The second-order valence-electron chi connectivity index (χ2n) is 9.22. The van der Waals surface area contributed by atoms with Crippen molar-refractivity contribution in [3.8, 4) is 0 Å². The largest absolute Gasteiger partial charge is 0.397 e. The zero-order valence-electron chi connectivity index (χ0n) is 20.3. The lowest BCUT2D eigenvalue weighted by molar-refractivity contribution is -0.903. The van der Waals surface area contributed by atoms with E-state index in [4.69, 9.17) is 5.11 Å². The van der Waals surface area contributed by atoms with E-state index in [0.717, 1.165) is 11.0 Å². The predicted molar refractivity (Wildman–Crippen MR) is 130 cm³/mol. The van der Waals surface area contributed by atoms with Gasteiger partial charge in [0.05, 0.1) is 20.6 Å². The molecule has 0 spiro atoms. The summed E-state index contributed by atoms with van der Waals surface area (Å²) < 4.78 is 1.11. The van der Waals surface area contributed by atoms with Gasteiger partial charge >= 0.3 is 0 Å². The highest BCUT2D eigenvalue weighted by Crippen LogP contribution is 2.14. The van der Waals surface area contributed by atoms with Gasteiger partial charge in [0, 0.05) is 12.2 Å². The molecule has 0 heterocycles. The number of hydrogen-bond donors (Lipinski definition) is 1. The lowest BCUT2D eigenvalue weighted by Crippen LogP contribution is -2.39. The van der Waals surface area contributed by atoms with Crippen molar-refractivity contribution in [2.24, 2.45) is 0 Å². The first-order valence-electron chi connectivity index (χ1n) is 12.5. The highest BCUT2D eigenvalue weighted by molar-refractivity contribution is 5.13. The maximum atomic E-state index is 7.57. The summed E-state index contributed by atoms with van der Waals surface area (Å²) in [5.41, 5.74) is 1.46. The highest BCUT2D eigenvalue weighted by Gasteiger charge is 2.14. The predicted octanol–water partition coefficient (Wildman–Crippen LogP) is 7.74. The molecule has 0 bridgehead atoms. The van der Waals surface area contributed by atoms with Gasteiger partial charge in [-0.05, 0) is 19.8 Å². The van der Waals surface area contributed by atoms with Crippen molar-refractivity contribution in [3.05, 3.63) is 35.9 Å². The monoisotopic (exact) mass is 406 g/mol. The Hall–Kier alpha value is -0.860. The van der Waals surface area contributed by atoms with Crippen LogP contribution in [0.5, 0.6) is 0 Å². The third kappa shape index (κ3) is 20.2. The van der Waals surface area contributed by atoms with Gasteiger partial charge in [0.1, 0.15) is 6.54 Å². The number of nitrogens with zero attached hydrogens (tertiary/aromatic N) is 1. The van der Waals surface area contributed by atoms with Gasteiger partial charge in [0.25, 0.3) is 0 Å². The number of unbranched alkanes of at least 4 members (excludes halogenated alkanes) is 13. The quantitative estimate of drug-likeness (QED) is 0.207. The molecular formula is C27H52NO+. The summed E-state index contributed by atoms with van der Waals surface area (Å²) in [6.45, 7) is 6.68. The average Bonchev–Trinajstić information content (AvgIpc) is 2.69. The number of quaternary nitrogens is 1.